The Bertz CT molecular complexity index is 596. The van der Waals surface area contributed by atoms with Gasteiger partial charge in [0.2, 0.25) is 0 Å². The van der Waals surface area contributed by atoms with Crippen LogP contribution in [-0.4, -0.2) is 83.1 Å². The van der Waals surface area contributed by atoms with Crippen molar-refractivity contribution >= 4 is 51.7 Å². The zero-order valence-corrected chi connectivity index (χ0v) is 23.5. The molecule has 20 heteroatoms. The number of alkyl halides is 7. The molecule has 0 spiro atoms. The second kappa shape index (κ2) is 11.5. The van der Waals surface area contributed by atoms with Crippen LogP contribution in [0.25, 0.3) is 0 Å². The van der Waals surface area contributed by atoms with E-state index >= 15 is 0 Å². The maximum atomic E-state index is 13.4. The number of hydrogen-bond donors (Lipinski definition) is 0. The largest absolute Gasteiger partial charge is 0.464 e. The van der Waals surface area contributed by atoms with E-state index in [0.29, 0.717) is 0 Å². The first-order valence-electron chi connectivity index (χ1n) is 9.32. The average molecular weight is 571 g/mol. The van der Waals surface area contributed by atoms with Crippen molar-refractivity contribution in [3.05, 3.63) is 0 Å². The van der Waals surface area contributed by atoms with Crippen LogP contribution >= 0.6 is 0 Å². The maximum Gasteiger partial charge on any atom is 0.458 e. The number of carbonyl (C=O) groups excluding carboxylic acids is 1. The fourth-order valence-electron chi connectivity index (χ4n) is 2.65. The number of esters is 1. The summed E-state index contributed by atoms with van der Waals surface area (Å²) >= 11 is 0. The summed E-state index contributed by atoms with van der Waals surface area (Å²) < 4.78 is 125. The highest BCUT2D eigenvalue weighted by Crippen LogP contribution is 2.46. The van der Waals surface area contributed by atoms with Gasteiger partial charge in [0.05, 0.1) is 6.61 Å². The molecule has 190 valence electrons. The van der Waals surface area contributed by atoms with E-state index in [1.54, 1.807) is 19.6 Å². The zero-order valence-electron chi connectivity index (χ0n) is 17.8. The standard InChI is InChI=1S/C12H25F7O8Si5/c1-28-23-29(2)25-31(4)27-32(5,26-30(3)24-28)7-6-21-9(20)8-22-10(13,11(14,15)16)12(17,18)19/h28-31H,6-8H2,1-5H3. The van der Waals surface area contributed by atoms with Crippen molar-refractivity contribution < 1.29 is 65.6 Å². The Morgan fingerprint density at radius 1 is 0.812 bits per heavy atom. The van der Waals surface area contributed by atoms with E-state index in [1.165, 1.54) is 0 Å². The van der Waals surface area contributed by atoms with Gasteiger partial charge in [0.1, 0.15) is 6.61 Å². The third-order valence-corrected chi connectivity index (χ3v) is 20.9. The van der Waals surface area contributed by atoms with Crippen LogP contribution in [0.3, 0.4) is 0 Å². The Balaban J connectivity index is 2.69. The van der Waals surface area contributed by atoms with Crippen LogP contribution in [-0.2, 0) is 34.8 Å². The van der Waals surface area contributed by atoms with Crippen molar-refractivity contribution in [2.24, 2.45) is 0 Å². The van der Waals surface area contributed by atoms with Crippen LogP contribution in [0.1, 0.15) is 0 Å². The van der Waals surface area contributed by atoms with Crippen LogP contribution in [0.15, 0.2) is 0 Å². The van der Waals surface area contributed by atoms with Gasteiger partial charge in [-0.1, -0.05) is 0 Å². The molecule has 32 heavy (non-hydrogen) atoms. The van der Waals surface area contributed by atoms with Gasteiger partial charge in [0, 0.05) is 6.04 Å². The van der Waals surface area contributed by atoms with Gasteiger partial charge in [-0.3, -0.25) is 0 Å². The van der Waals surface area contributed by atoms with Crippen molar-refractivity contribution in [1.82, 2.24) is 0 Å². The number of ether oxygens (including phenoxy) is 2. The van der Waals surface area contributed by atoms with Gasteiger partial charge < -0.3 is 30.0 Å². The first-order chi connectivity index (χ1) is 14.4. The molecule has 8 nitrogen and oxygen atoms in total. The summed E-state index contributed by atoms with van der Waals surface area (Å²) in [5.74, 6) is -7.61. The lowest BCUT2D eigenvalue weighted by molar-refractivity contribution is -0.428. The number of halogens is 7. The van der Waals surface area contributed by atoms with Crippen LogP contribution < -0.4 is 0 Å². The second-order valence-corrected chi connectivity index (χ2v) is 19.4. The molecule has 4 unspecified atom stereocenters. The molecule has 4 atom stereocenters. The lowest BCUT2D eigenvalue weighted by atomic mass is 10.3. The Morgan fingerprint density at radius 3 is 1.62 bits per heavy atom. The van der Waals surface area contributed by atoms with E-state index in [4.69, 9.17) is 20.6 Å². The lowest BCUT2D eigenvalue weighted by Gasteiger charge is -2.36. The van der Waals surface area contributed by atoms with E-state index < -0.39 is 83.1 Å². The Morgan fingerprint density at radius 2 is 1.22 bits per heavy atom. The van der Waals surface area contributed by atoms with E-state index in [0.717, 1.165) is 0 Å². The summed E-state index contributed by atoms with van der Waals surface area (Å²) in [5, 5.41) is 0. The number of carbonyl (C=O) groups is 1. The lowest BCUT2D eigenvalue weighted by Crippen LogP contribution is -2.56. The minimum atomic E-state index is -6.43. The van der Waals surface area contributed by atoms with Crippen molar-refractivity contribution in [1.29, 1.82) is 0 Å². The highest BCUT2D eigenvalue weighted by molar-refractivity contribution is 6.80. The van der Waals surface area contributed by atoms with E-state index in [2.05, 4.69) is 9.47 Å². The molecule has 0 saturated carbocycles. The minimum absolute atomic E-state index is 0.00776. The van der Waals surface area contributed by atoms with Gasteiger partial charge in [-0.2, -0.15) is 30.7 Å². The Labute approximate surface area is 187 Å². The molecule has 0 bridgehead atoms. The summed E-state index contributed by atoms with van der Waals surface area (Å²) in [5.41, 5.74) is 0. The van der Waals surface area contributed by atoms with Crippen molar-refractivity contribution in [3.63, 3.8) is 0 Å². The molecule has 0 N–H and O–H groups in total. The summed E-state index contributed by atoms with van der Waals surface area (Å²) in [4.78, 5) is 11.6. The monoisotopic (exact) mass is 570 g/mol. The van der Waals surface area contributed by atoms with Crippen molar-refractivity contribution in [2.75, 3.05) is 13.2 Å². The van der Waals surface area contributed by atoms with Crippen LogP contribution in [0.2, 0.25) is 38.8 Å². The second-order valence-electron chi connectivity index (χ2n) is 6.90. The first kappa shape index (κ1) is 29.9. The molecule has 1 fully saturated rings. The van der Waals surface area contributed by atoms with Gasteiger partial charge in [0.25, 0.3) is 37.1 Å². The highest BCUT2D eigenvalue weighted by Gasteiger charge is 2.74. The van der Waals surface area contributed by atoms with Gasteiger partial charge in [-0.05, 0) is 32.7 Å². The third-order valence-electron chi connectivity index (χ3n) is 3.92. The average Bonchev–Trinajstić information content (AvgIpc) is 2.55. The molecular formula is C12H25F7O8Si5. The van der Waals surface area contributed by atoms with Gasteiger partial charge >= 0.3 is 32.7 Å². The molecule has 0 aromatic carbocycles. The predicted molar refractivity (Wildman–Crippen MR) is 107 cm³/mol. The fourth-order valence-corrected chi connectivity index (χ4v) is 20.0. The van der Waals surface area contributed by atoms with E-state index in [1.807, 2.05) is 13.1 Å². The molecule has 0 amide bonds. The maximum absolute atomic E-state index is 13.4. The van der Waals surface area contributed by atoms with Gasteiger partial charge in [-0.25, -0.2) is 4.79 Å². The zero-order chi connectivity index (χ0) is 25.0. The van der Waals surface area contributed by atoms with Crippen LogP contribution in [0, 0.1) is 0 Å². The molecule has 1 rings (SSSR count). The van der Waals surface area contributed by atoms with Gasteiger partial charge in [0.15, 0.2) is 0 Å². The smallest absolute Gasteiger partial charge is 0.458 e. The quantitative estimate of drug-likeness (QED) is 0.272. The van der Waals surface area contributed by atoms with Crippen molar-refractivity contribution in [3.8, 4) is 0 Å². The van der Waals surface area contributed by atoms with E-state index in [9.17, 15) is 35.5 Å². The third kappa shape index (κ3) is 8.88. The summed E-state index contributed by atoms with van der Waals surface area (Å²) in [6.07, 6.45) is -12.9. The molecule has 0 aromatic heterocycles. The molecule has 1 aliphatic heterocycles. The SMILES string of the molecule is C[SiH]1O[SiH](C)O[SiH](C)O[Si](C)(CCOC(=O)COC(F)(C(F)(F)F)C(F)(F)F)O[SiH](C)O1. The first-order valence-corrected chi connectivity index (χ1v) is 20.2. The van der Waals surface area contributed by atoms with E-state index in [-0.39, 0.29) is 6.04 Å². The molecule has 0 radical (unpaired) electrons. The molecule has 1 heterocycles. The molecular weight excluding hydrogens is 546 g/mol. The Kier molecular flexibility index (Phi) is 10.7. The van der Waals surface area contributed by atoms with Crippen LogP contribution in [0.5, 0.6) is 0 Å². The normalized spacial score (nSPS) is 31.2. The molecule has 0 aliphatic carbocycles. The molecule has 0 aromatic rings. The van der Waals surface area contributed by atoms with Gasteiger partial charge in [-0.15, -0.1) is 0 Å². The fraction of sp³-hybridized carbons (Fsp3) is 0.917. The van der Waals surface area contributed by atoms with Crippen LogP contribution in [0.4, 0.5) is 30.7 Å². The summed E-state index contributed by atoms with van der Waals surface area (Å²) in [6, 6.07) is -0.00776. The number of rotatable bonds is 6. The topological polar surface area (TPSA) is 81.7 Å². The summed E-state index contributed by atoms with van der Waals surface area (Å²) in [6.45, 7) is 6.43. The highest BCUT2D eigenvalue weighted by atomic mass is 28.5. The minimum Gasteiger partial charge on any atom is -0.464 e. The van der Waals surface area contributed by atoms with Crippen molar-refractivity contribution in [2.45, 2.75) is 57.0 Å². The molecule has 1 saturated heterocycles. The number of hydrogen-bond acceptors (Lipinski definition) is 8. The Hall–Kier alpha value is -0.176. The predicted octanol–water partition coefficient (Wildman–Crippen LogP) is 1.91. The summed E-state index contributed by atoms with van der Waals surface area (Å²) in [7, 11) is -11.4. The molecule has 1 aliphatic rings.